The Morgan fingerprint density at radius 2 is 1.92 bits per heavy atom. The summed E-state index contributed by atoms with van der Waals surface area (Å²) in [5.74, 6) is -0.537. The number of rotatable bonds is 5. The summed E-state index contributed by atoms with van der Waals surface area (Å²) in [6.07, 6.45) is -4.70. The van der Waals surface area contributed by atoms with Gasteiger partial charge in [-0.25, -0.2) is 0 Å². The maximum Gasteiger partial charge on any atom is 0.416 e. The van der Waals surface area contributed by atoms with Crippen molar-refractivity contribution in [2.45, 2.75) is 13.1 Å². The molecule has 0 bridgehead atoms. The molecular weight excluding hydrogens is 375 g/mol. The van der Waals surface area contributed by atoms with Crippen molar-refractivity contribution < 1.29 is 22.9 Å². The van der Waals surface area contributed by atoms with Crippen LogP contribution in [0.4, 0.5) is 30.2 Å². The molecule has 2 aromatic rings. The molecule has 2 aromatic carbocycles. The summed E-state index contributed by atoms with van der Waals surface area (Å²) in [5, 5.41) is 16.5. The molecule has 0 aliphatic rings. The second-order valence-corrected chi connectivity index (χ2v) is 5.71. The largest absolute Gasteiger partial charge is 0.416 e. The van der Waals surface area contributed by atoms with E-state index < -0.39 is 28.3 Å². The number of amides is 1. The molecule has 0 saturated heterocycles. The van der Waals surface area contributed by atoms with Crippen molar-refractivity contribution in [3.8, 4) is 0 Å². The lowest BCUT2D eigenvalue weighted by Crippen LogP contribution is -2.22. The third-order valence-electron chi connectivity index (χ3n) is 3.50. The molecule has 0 fully saturated rings. The third kappa shape index (κ3) is 4.63. The summed E-state index contributed by atoms with van der Waals surface area (Å²) in [6, 6.07) is 6.95. The SMILES string of the molecule is Cc1c(Cl)cccc1NC(=O)CNc1ccc(C(F)(F)F)cc1[N+](=O)[O-]. The Morgan fingerprint density at radius 1 is 1.23 bits per heavy atom. The lowest BCUT2D eigenvalue weighted by molar-refractivity contribution is -0.384. The Hall–Kier alpha value is -2.81. The van der Waals surface area contributed by atoms with E-state index >= 15 is 0 Å². The van der Waals surface area contributed by atoms with Gasteiger partial charge in [0.25, 0.3) is 5.69 Å². The molecule has 0 aliphatic heterocycles. The first kappa shape index (κ1) is 19.5. The van der Waals surface area contributed by atoms with E-state index in [2.05, 4.69) is 10.6 Å². The summed E-state index contributed by atoms with van der Waals surface area (Å²) in [6.45, 7) is 1.32. The van der Waals surface area contributed by atoms with Crippen LogP contribution in [-0.4, -0.2) is 17.4 Å². The monoisotopic (exact) mass is 387 g/mol. The van der Waals surface area contributed by atoms with Gasteiger partial charge in [0.2, 0.25) is 5.91 Å². The fraction of sp³-hybridized carbons (Fsp3) is 0.188. The molecule has 6 nitrogen and oxygen atoms in total. The maximum absolute atomic E-state index is 12.7. The fourth-order valence-corrected chi connectivity index (χ4v) is 2.30. The summed E-state index contributed by atoms with van der Waals surface area (Å²) < 4.78 is 38.0. The number of nitro benzene ring substituents is 1. The number of alkyl halides is 3. The summed E-state index contributed by atoms with van der Waals surface area (Å²) in [5.41, 5.74) is -1.00. The minimum absolute atomic E-state index is 0.194. The predicted octanol–water partition coefficient (Wildman–Crippen LogP) is 4.63. The summed E-state index contributed by atoms with van der Waals surface area (Å²) in [4.78, 5) is 22.0. The molecule has 2 N–H and O–H groups in total. The Balaban J connectivity index is 2.12. The van der Waals surface area contributed by atoms with E-state index in [4.69, 9.17) is 11.6 Å². The molecule has 0 aromatic heterocycles. The fourth-order valence-electron chi connectivity index (χ4n) is 2.12. The van der Waals surface area contributed by atoms with E-state index in [-0.39, 0.29) is 12.2 Å². The first-order valence-electron chi connectivity index (χ1n) is 7.24. The number of hydrogen-bond acceptors (Lipinski definition) is 4. The van der Waals surface area contributed by atoms with Gasteiger partial charge in [0.1, 0.15) is 5.69 Å². The van der Waals surface area contributed by atoms with Crippen LogP contribution in [0.1, 0.15) is 11.1 Å². The van der Waals surface area contributed by atoms with Gasteiger partial charge in [-0.15, -0.1) is 0 Å². The molecule has 0 aliphatic carbocycles. The van der Waals surface area contributed by atoms with Crippen LogP contribution in [0.5, 0.6) is 0 Å². The summed E-state index contributed by atoms with van der Waals surface area (Å²) >= 11 is 5.94. The van der Waals surface area contributed by atoms with Crippen molar-refractivity contribution in [2.24, 2.45) is 0 Å². The zero-order chi connectivity index (χ0) is 19.5. The first-order chi connectivity index (χ1) is 12.1. The van der Waals surface area contributed by atoms with Gasteiger partial charge in [0.05, 0.1) is 17.0 Å². The van der Waals surface area contributed by atoms with Crippen LogP contribution >= 0.6 is 11.6 Å². The quantitative estimate of drug-likeness (QED) is 0.579. The highest BCUT2D eigenvalue weighted by Crippen LogP contribution is 2.34. The molecule has 0 spiro atoms. The molecule has 0 radical (unpaired) electrons. The number of nitro groups is 1. The normalized spacial score (nSPS) is 11.1. The Morgan fingerprint density at radius 3 is 2.54 bits per heavy atom. The van der Waals surface area contributed by atoms with Crippen molar-refractivity contribution in [1.82, 2.24) is 0 Å². The number of halogens is 4. The molecule has 138 valence electrons. The second kappa shape index (κ2) is 7.61. The molecule has 0 unspecified atom stereocenters. The van der Waals surface area contributed by atoms with Gasteiger partial charge in [0, 0.05) is 16.8 Å². The van der Waals surface area contributed by atoms with Crippen molar-refractivity contribution in [3.63, 3.8) is 0 Å². The maximum atomic E-state index is 12.7. The number of carbonyl (C=O) groups excluding carboxylic acids is 1. The average molecular weight is 388 g/mol. The highest BCUT2D eigenvalue weighted by molar-refractivity contribution is 6.31. The molecule has 26 heavy (non-hydrogen) atoms. The van der Waals surface area contributed by atoms with Gasteiger partial charge in [-0.1, -0.05) is 17.7 Å². The molecular formula is C16H13ClF3N3O3. The molecule has 2 rings (SSSR count). The summed E-state index contributed by atoms with van der Waals surface area (Å²) in [7, 11) is 0. The number of nitrogens with zero attached hydrogens (tertiary/aromatic N) is 1. The Labute approximate surface area is 151 Å². The van der Waals surface area contributed by atoms with Crippen LogP contribution in [-0.2, 0) is 11.0 Å². The average Bonchev–Trinajstić information content (AvgIpc) is 2.56. The van der Waals surface area contributed by atoms with Gasteiger partial charge in [0.15, 0.2) is 0 Å². The van der Waals surface area contributed by atoms with E-state index in [0.717, 1.165) is 6.07 Å². The van der Waals surface area contributed by atoms with Crippen LogP contribution in [0.3, 0.4) is 0 Å². The van der Waals surface area contributed by atoms with E-state index in [0.29, 0.717) is 28.4 Å². The number of carbonyl (C=O) groups is 1. The zero-order valence-electron chi connectivity index (χ0n) is 13.4. The predicted molar refractivity (Wildman–Crippen MR) is 91.4 cm³/mol. The van der Waals surface area contributed by atoms with Crippen LogP contribution in [0.25, 0.3) is 0 Å². The number of nitrogens with one attached hydrogen (secondary N) is 2. The van der Waals surface area contributed by atoms with E-state index in [1.54, 1.807) is 25.1 Å². The van der Waals surface area contributed by atoms with Crippen molar-refractivity contribution in [1.29, 1.82) is 0 Å². The van der Waals surface area contributed by atoms with Crippen LogP contribution in [0, 0.1) is 17.0 Å². The van der Waals surface area contributed by atoms with E-state index in [9.17, 15) is 28.1 Å². The Bertz CT molecular complexity index is 856. The highest BCUT2D eigenvalue weighted by atomic mass is 35.5. The first-order valence-corrected chi connectivity index (χ1v) is 7.62. The van der Waals surface area contributed by atoms with Gasteiger partial charge >= 0.3 is 6.18 Å². The molecule has 0 atom stereocenters. The molecule has 0 heterocycles. The van der Waals surface area contributed by atoms with Crippen molar-refractivity contribution >= 4 is 34.6 Å². The van der Waals surface area contributed by atoms with Crippen molar-refractivity contribution in [2.75, 3.05) is 17.2 Å². The third-order valence-corrected chi connectivity index (χ3v) is 3.91. The molecule has 10 heteroatoms. The molecule has 1 amide bonds. The van der Waals surface area contributed by atoms with E-state index in [1.807, 2.05) is 0 Å². The van der Waals surface area contributed by atoms with Crippen molar-refractivity contribution in [3.05, 3.63) is 62.7 Å². The molecule has 0 saturated carbocycles. The zero-order valence-corrected chi connectivity index (χ0v) is 14.1. The van der Waals surface area contributed by atoms with Gasteiger partial charge < -0.3 is 10.6 Å². The van der Waals surface area contributed by atoms with Gasteiger partial charge in [-0.2, -0.15) is 13.2 Å². The lowest BCUT2D eigenvalue weighted by atomic mass is 10.1. The minimum Gasteiger partial charge on any atom is -0.371 e. The van der Waals surface area contributed by atoms with Crippen LogP contribution < -0.4 is 10.6 Å². The number of benzene rings is 2. The minimum atomic E-state index is -4.70. The van der Waals surface area contributed by atoms with Gasteiger partial charge in [-0.05, 0) is 36.8 Å². The van der Waals surface area contributed by atoms with Crippen LogP contribution in [0.2, 0.25) is 5.02 Å². The van der Waals surface area contributed by atoms with E-state index in [1.165, 1.54) is 0 Å². The van der Waals surface area contributed by atoms with Crippen LogP contribution in [0.15, 0.2) is 36.4 Å². The lowest BCUT2D eigenvalue weighted by Gasteiger charge is -2.12. The highest BCUT2D eigenvalue weighted by Gasteiger charge is 2.33. The number of anilines is 2. The second-order valence-electron chi connectivity index (χ2n) is 5.30. The Kier molecular flexibility index (Phi) is 5.71. The topological polar surface area (TPSA) is 84.3 Å². The smallest absolute Gasteiger partial charge is 0.371 e. The standard InChI is InChI=1S/C16H13ClF3N3O3/c1-9-11(17)3-2-4-12(9)22-15(24)8-21-13-6-5-10(16(18,19)20)7-14(13)23(25)26/h2-7,21H,8H2,1H3,(H,22,24). The number of hydrogen-bond donors (Lipinski definition) is 2. The van der Waals surface area contributed by atoms with Gasteiger partial charge in [-0.3, -0.25) is 14.9 Å².